The quantitative estimate of drug-likeness (QED) is 0.692. The SMILES string of the molecule is Cc1ncn(C)c1C1(CNC(=O)OC(C)(C)C)NC(=O)NC1=O. The zero-order valence-corrected chi connectivity index (χ0v) is 13.8. The van der Waals surface area contributed by atoms with Crippen LogP contribution in [0.5, 0.6) is 0 Å². The number of urea groups is 1. The fourth-order valence-electron chi connectivity index (χ4n) is 2.54. The highest BCUT2D eigenvalue weighted by Gasteiger charge is 2.51. The minimum atomic E-state index is -1.43. The van der Waals surface area contributed by atoms with E-state index in [9.17, 15) is 14.4 Å². The van der Waals surface area contributed by atoms with E-state index in [1.165, 1.54) is 6.33 Å². The van der Waals surface area contributed by atoms with Gasteiger partial charge in [0.15, 0.2) is 5.54 Å². The van der Waals surface area contributed by atoms with Gasteiger partial charge >= 0.3 is 12.1 Å². The van der Waals surface area contributed by atoms with Crippen LogP contribution in [-0.2, 0) is 22.1 Å². The number of imidazole rings is 1. The normalized spacial score (nSPS) is 20.9. The number of hydrogen-bond acceptors (Lipinski definition) is 5. The number of amides is 4. The highest BCUT2D eigenvalue weighted by atomic mass is 16.6. The van der Waals surface area contributed by atoms with Crippen molar-refractivity contribution in [3.63, 3.8) is 0 Å². The van der Waals surface area contributed by atoms with Crippen molar-refractivity contribution in [1.82, 2.24) is 25.5 Å². The Morgan fingerprint density at radius 2 is 2.09 bits per heavy atom. The van der Waals surface area contributed by atoms with Crippen LogP contribution in [-0.4, -0.2) is 39.7 Å². The van der Waals surface area contributed by atoms with Crippen LogP contribution < -0.4 is 16.0 Å². The summed E-state index contributed by atoms with van der Waals surface area (Å²) in [5.41, 5.74) is -1.02. The summed E-state index contributed by atoms with van der Waals surface area (Å²) < 4.78 is 6.80. The van der Waals surface area contributed by atoms with Crippen LogP contribution in [0.4, 0.5) is 9.59 Å². The highest BCUT2D eigenvalue weighted by Crippen LogP contribution is 2.26. The second kappa shape index (κ2) is 5.56. The Bertz CT molecular complexity index is 641. The van der Waals surface area contributed by atoms with Gasteiger partial charge in [0.25, 0.3) is 5.91 Å². The van der Waals surface area contributed by atoms with Crippen LogP contribution in [0.3, 0.4) is 0 Å². The van der Waals surface area contributed by atoms with Gasteiger partial charge in [0, 0.05) is 7.05 Å². The molecule has 0 bridgehead atoms. The molecule has 126 valence electrons. The van der Waals surface area contributed by atoms with Crippen molar-refractivity contribution < 1.29 is 19.1 Å². The number of imide groups is 1. The van der Waals surface area contributed by atoms with Gasteiger partial charge in [-0.15, -0.1) is 0 Å². The van der Waals surface area contributed by atoms with E-state index in [0.29, 0.717) is 11.4 Å². The smallest absolute Gasteiger partial charge is 0.407 e. The molecule has 1 unspecified atom stereocenters. The van der Waals surface area contributed by atoms with Gasteiger partial charge in [-0.1, -0.05) is 0 Å². The lowest BCUT2D eigenvalue weighted by Crippen LogP contribution is -2.54. The summed E-state index contributed by atoms with van der Waals surface area (Å²) in [5, 5.41) is 7.33. The number of rotatable bonds is 3. The van der Waals surface area contributed by atoms with E-state index in [1.54, 1.807) is 39.3 Å². The average molecular weight is 323 g/mol. The molecule has 9 nitrogen and oxygen atoms in total. The van der Waals surface area contributed by atoms with Crippen molar-refractivity contribution in [2.75, 3.05) is 6.54 Å². The molecule has 4 amide bonds. The Balaban J connectivity index is 2.29. The van der Waals surface area contributed by atoms with Crippen molar-refractivity contribution in [1.29, 1.82) is 0 Å². The zero-order valence-electron chi connectivity index (χ0n) is 13.8. The van der Waals surface area contributed by atoms with Gasteiger partial charge in [0.1, 0.15) is 5.60 Å². The number of alkyl carbamates (subject to hydrolysis) is 1. The van der Waals surface area contributed by atoms with Crippen LogP contribution in [0, 0.1) is 6.92 Å². The van der Waals surface area contributed by atoms with E-state index in [4.69, 9.17) is 4.74 Å². The second-order valence-electron chi connectivity index (χ2n) is 6.46. The van der Waals surface area contributed by atoms with Gasteiger partial charge in [-0.05, 0) is 27.7 Å². The van der Waals surface area contributed by atoms with E-state index in [1.807, 2.05) is 0 Å². The first-order chi connectivity index (χ1) is 10.5. The van der Waals surface area contributed by atoms with Crippen molar-refractivity contribution >= 4 is 18.0 Å². The van der Waals surface area contributed by atoms with Gasteiger partial charge in [-0.2, -0.15) is 0 Å². The molecule has 1 atom stereocenters. The van der Waals surface area contributed by atoms with Crippen molar-refractivity contribution in [2.24, 2.45) is 7.05 Å². The first-order valence-corrected chi connectivity index (χ1v) is 7.14. The number of nitrogens with zero attached hydrogens (tertiary/aromatic N) is 2. The van der Waals surface area contributed by atoms with Crippen LogP contribution in [0.1, 0.15) is 32.2 Å². The number of carbonyl (C=O) groups excluding carboxylic acids is 3. The van der Waals surface area contributed by atoms with Crippen LogP contribution in [0.2, 0.25) is 0 Å². The number of nitrogens with one attached hydrogen (secondary N) is 3. The molecule has 1 aromatic rings. The van der Waals surface area contributed by atoms with Crippen molar-refractivity contribution in [3.05, 3.63) is 17.7 Å². The molecule has 0 aromatic carbocycles. The predicted octanol–water partition coefficient (Wildman–Crippen LogP) is 0.288. The molecule has 1 fully saturated rings. The summed E-state index contributed by atoms with van der Waals surface area (Å²) in [6.07, 6.45) is 0.864. The fraction of sp³-hybridized carbons (Fsp3) is 0.571. The summed E-state index contributed by atoms with van der Waals surface area (Å²) in [4.78, 5) is 40.0. The molecule has 1 saturated heterocycles. The van der Waals surface area contributed by atoms with Gasteiger partial charge < -0.3 is 19.9 Å². The minimum absolute atomic E-state index is 0.153. The fourth-order valence-corrected chi connectivity index (χ4v) is 2.54. The molecule has 0 saturated carbocycles. The largest absolute Gasteiger partial charge is 0.444 e. The molecule has 2 heterocycles. The molecule has 23 heavy (non-hydrogen) atoms. The third-order valence-electron chi connectivity index (χ3n) is 3.36. The Hall–Kier alpha value is -2.58. The van der Waals surface area contributed by atoms with E-state index in [2.05, 4.69) is 20.9 Å². The molecular formula is C14H21N5O4. The molecule has 2 rings (SSSR count). The third-order valence-corrected chi connectivity index (χ3v) is 3.36. The number of ether oxygens (including phenoxy) is 1. The van der Waals surface area contributed by atoms with Gasteiger partial charge in [-0.3, -0.25) is 10.1 Å². The molecule has 0 aliphatic carbocycles. The zero-order chi connectivity index (χ0) is 17.4. The summed E-state index contributed by atoms with van der Waals surface area (Å²) in [5.74, 6) is -0.551. The van der Waals surface area contributed by atoms with Gasteiger partial charge in [-0.25, -0.2) is 14.6 Å². The van der Waals surface area contributed by atoms with E-state index >= 15 is 0 Å². The second-order valence-corrected chi connectivity index (χ2v) is 6.46. The molecule has 0 radical (unpaired) electrons. The topological polar surface area (TPSA) is 114 Å². The highest BCUT2D eigenvalue weighted by molar-refractivity contribution is 6.07. The summed E-state index contributed by atoms with van der Waals surface area (Å²) in [7, 11) is 1.71. The number of carbonyl (C=O) groups is 3. The maximum Gasteiger partial charge on any atom is 0.407 e. The Morgan fingerprint density at radius 1 is 1.43 bits per heavy atom. The molecule has 3 N–H and O–H groups in total. The Labute approximate surface area is 133 Å². The number of hydrogen-bond donors (Lipinski definition) is 3. The van der Waals surface area contributed by atoms with E-state index in [0.717, 1.165) is 0 Å². The summed E-state index contributed by atoms with van der Waals surface area (Å²) >= 11 is 0. The summed E-state index contributed by atoms with van der Waals surface area (Å²) in [6, 6.07) is -0.624. The first kappa shape index (κ1) is 16.8. The number of aryl methyl sites for hydroxylation is 2. The lowest BCUT2D eigenvalue weighted by molar-refractivity contribution is -0.124. The molecule has 0 spiro atoms. The van der Waals surface area contributed by atoms with Crippen LogP contribution in [0.15, 0.2) is 6.33 Å². The molecular weight excluding hydrogens is 302 g/mol. The van der Waals surface area contributed by atoms with E-state index < -0.39 is 29.2 Å². The minimum Gasteiger partial charge on any atom is -0.444 e. The van der Waals surface area contributed by atoms with E-state index in [-0.39, 0.29) is 6.54 Å². The molecule has 1 aromatic heterocycles. The van der Waals surface area contributed by atoms with Crippen LogP contribution >= 0.6 is 0 Å². The van der Waals surface area contributed by atoms with Gasteiger partial charge in [0.2, 0.25) is 0 Å². The summed E-state index contributed by atoms with van der Waals surface area (Å²) in [6.45, 7) is 6.77. The maximum atomic E-state index is 12.4. The lowest BCUT2D eigenvalue weighted by atomic mass is 9.93. The Morgan fingerprint density at radius 3 is 2.52 bits per heavy atom. The predicted molar refractivity (Wildman–Crippen MR) is 80.5 cm³/mol. The first-order valence-electron chi connectivity index (χ1n) is 7.14. The van der Waals surface area contributed by atoms with Gasteiger partial charge in [0.05, 0.1) is 24.3 Å². The standard InChI is InChI=1S/C14H21N5O4/c1-8-9(19(5)7-16-8)14(10(20)17-11(21)18-14)6-15-12(22)23-13(2,3)4/h7H,6H2,1-5H3,(H,15,22)(H2,17,18,20,21). The van der Waals surface area contributed by atoms with Crippen LogP contribution in [0.25, 0.3) is 0 Å². The number of aromatic nitrogens is 2. The monoisotopic (exact) mass is 323 g/mol. The Kier molecular flexibility index (Phi) is 4.06. The average Bonchev–Trinajstić information content (AvgIpc) is 2.86. The third kappa shape index (κ3) is 3.27. The molecule has 1 aliphatic heterocycles. The molecule has 1 aliphatic rings. The molecule has 9 heteroatoms. The lowest BCUT2D eigenvalue weighted by Gasteiger charge is -2.28. The van der Waals surface area contributed by atoms with Crippen molar-refractivity contribution in [3.8, 4) is 0 Å². The van der Waals surface area contributed by atoms with Crippen molar-refractivity contribution in [2.45, 2.75) is 38.8 Å². The maximum absolute atomic E-state index is 12.4.